The van der Waals surface area contributed by atoms with E-state index in [1.807, 2.05) is 48.5 Å². The summed E-state index contributed by atoms with van der Waals surface area (Å²) >= 11 is 0. The summed E-state index contributed by atoms with van der Waals surface area (Å²) in [6, 6.07) is 33.4. The highest BCUT2D eigenvalue weighted by Crippen LogP contribution is 2.47. The molecule has 0 bridgehead atoms. The molecule has 1 aromatic heterocycles. The van der Waals surface area contributed by atoms with Crippen LogP contribution in [0.25, 0.3) is 22.0 Å². The van der Waals surface area contributed by atoms with E-state index in [-0.39, 0.29) is 16.8 Å². The molecule has 0 fully saturated rings. The van der Waals surface area contributed by atoms with Gasteiger partial charge in [0.1, 0.15) is 11.5 Å². The lowest BCUT2D eigenvalue weighted by Crippen LogP contribution is -2.24. The van der Waals surface area contributed by atoms with E-state index in [2.05, 4.69) is 50.1 Å². The summed E-state index contributed by atoms with van der Waals surface area (Å²) in [5.41, 5.74) is 4.22. The topological polar surface area (TPSA) is 97.5 Å². The first kappa shape index (κ1) is 41.2. The van der Waals surface area contributed by atoms with Gasteiger partial charge in [-0.05, 0) is 65.8 Å². The summed E-state index contributed by atoms with van der Waals surface area (Å²) in [5.74, 6) is 1.04. The fourth-order valence-corrected chi connectivity index (χ4v) is 7.99. The summed E-state index contributed by atoms with van der Waals surface area (Å²) in [6.45, 7) is 9.50. The summed E-state index contributed by atoms with van der Waals surface area (Å²) in [6.07, 6.45) is 13.7. The van der Waals surface area contributed by atoms with E-state index in [1.54, 1.807) is 48.5 Å². The molecule has 7 rings (SSSR count). The Morgan fingerprint density at radius 1 is 0.678 bits per heavy atom. The van der Waals surface area contributed by atoms with Gasteiger partial charge in [0.2, 0.25) is 0 Å². The van der Waals surface area contributed by atoms with Crippen LogP contribution in [0.4, 0.5) is 11.4 Å². The molecule has 5 aromatic carbocycles. The van der Waals surface area contributed by atoms with Crippen LogP contribution in [0.15, 0.2) is 114 Å². The van der Waals surface area contributed by atoms with Crippen LogP contribution in [0, 0.1) is 0 Å². The van der Waals surface area contributed by atoms with Crippen LogP contribution in [-0.2, 0) is 5.41 Å². The highest BCUT2D eigenvalue weighted by molar-refractivity contribution is 6.31. The van der Waals surface area contributed by atoms with Crippen LogP contribution in [0.1, 0.15) is 136 Å². The highest BCUT2D eigenvalue weighted by Gasteiger charge is 2.35. The van der Waals surface area contributed by atoms with Gasteiger partial charge in [-0.2, -0.15) is 0 Å². The predicted molar refractivity (Wildman–Crippen MR) is 240 cm³/mol. The molecule has 1 aliphatic rings. The van der Waals surface area contributed by atoms with E-state index >= 15 is 0 Å². The summed E-state index contributed by atoms with van der Waals surface area (Å²) in [5, 5.41) is 3.95. The van der Waals surface area contributed by atoms with Crippen LogP contribution in [-0.4, -0.2) is 23.2 Å². The molecule has 0 saturated carbocycles. The van der Waals surface area contributed by atoms with Crippen LogP contribution in [0.5, 0.6) is 17.2 Å². The highest BCUT2D eigenvalue weighted by atomic mass is 16.5. The molecule has 59 heavy (non-hydrogen) atoms. The summed E-state index contributed by atoms with van der Waals surface area (Å²) in [4.78, 5) is 46.1. The second-order valence-corrected chi connectivity index (χ2v) is 16.4. The molecule has 6 aromatic rings. The molecular weight excluding hydrogens is 733 g/mol. The smallest absolute Gasteiger partial charge is 0.260 e. The van der Waals surface area contributed by atoms with Crippen molar-refractivity contribution in [2.24, 2.45) is 0 Å². The zero-order valence-electron chi connectivity index (χ0n) is 34.9. The van der Waals surface area contributed by atoms with Gasteiger partial charge >= 0.3 is 0 Å². The van der Waals surface area contributed by atoms with Crippen molar-refractivity contribution in [2.45, 2.75) is 104 Å². The van der Waals surface area contributed by atoms with Crippen molar-refractivity contribution in [3.05, 3.63) is 147 Å². The van der Waals surface area contributed by atoms with Crippen LogP contribution >= 0.6 is 0 Å². The van der Waals surface area contributed by atoms with Crippen molar-refractivity contribution < 1.29 is 19.1 Å². The molecule has 0 atom stereocenters. The summed E-state index contributed by atoms with van der Waals surface area (Å²) in [7, 11) is 0. The molecule has 0 unspecified atom stereocenters. The summed E-state index contributed by atoms with van der Waals surface area (Å²) < 4.78 is 12.7. The number of H-pyrrole nitrogens is 1. The van der Waals surface area contributed by atoms with Crippen molar-refractivity contribution in [1.29, 1.82) is 0 Å². The minimum absolute atomic E-state index is 0.00984. The van der Waals surface area contributed by atoms with Gasteiger partial charge in [-0.3, -0.25) is 14.4 Å². The van der Waals surface area contributed by atoms with Crippen LogP contribution in [0.2, 0.25) is 0 Å². The Kier molecular flexibility index (Phi) is 13.1. The van der Waals surface area contributed by atoms with E-state index in [9.17, 15) is 14.4 Å². The molecular formula is C52H56N2O5. The monoisotopic (exact) mass is 788 g/mol. The van der Waals surface area contributed by atoms with Crippen molar-refractivity contribution in [2.75, 3.05) is 11.9 Å². The minimum atomic E-state index is -0.560. The number of aromatic nitrogens is 1. The zero-order valence-corrected chi connectivity index (χ0v) is 34.9. The third-order valence-electron chi connectivity index (χ3n) is 11.8. The van der Waals surface area contributed by atoms with E-state index < -0.39 is 11.3 Å². The lowest BCUT2D eigenvalue weighted by molar-refractivity contribution is 0.102. The van der Waals surface area contributed by atoms with Crippen LogP contribution < -0.4 is 20.3 Å². The second-order valence-electron chi connectivity index (χ2n) is 16.4. The number of pyridine rings is 1. The molecule has 0 spiro atoms. The lowest BCUT2D eigenvalue weighted by Gasteiger charge is -2.26. The number of fused-ring (bicyclic) bond motifs is 2. The number of carbonyl (C=O) groups is 2. The van der Waals surface area contributed by atoms with Crippen molar-refractivity contribution in [1.82, 2.24) is 4.98 Å². The molecule has 0 radical (unpaired) electrons. The molecule has 1 aliphatic carbocycles. The van der Waals surface area contributed by atoms with Gasteiger partial charge in [-0.1, -0.05) is 152 Å². The van der Waals surface area contributed by atoms with Crippen molar-refractivity contribution >= 4 is 33.8 Å². The van der Waals surface area contributed by atoms with E-state index in [0.29, 0.717) is 62.5 Å². The van der Waals surface area contributed by atoms with Crippen molar-refractivity contribution in [3.63, 3.8) is 0 Å². The number of unbranched alkanes of at least 4 members (excludes halogenated alkanes) is 9. The first-order chi connectivity index (χ1) is 28.7. The number of hydrogen-bond donors (Lipinski definition) is 2. The Morgan fingerprint density at radius 2 is 1.29 bits per heavy atom. The Balaban J connectivity index is 1.23. The molecule has 7 nitrogen and oxygen atoms in total. The first-order valence-corrected chi connectivity index (χ1v) is 21.5. The Labute approximate surface area is 348 Å². The Hall–Kier alpha value is -5.95. The number of benzene rings is 5. The quantitative estimate of drug-likeness (QED) is 0.0590. The standard InChI is InChI=1S/C52H56N2O5/c1-5-7-8-9-10-11-12-13-14-20-33-58-38-31-27-37(28-32-38)53-42-34-43(59-39-29-25-36(26-30-39)52(3,4)6-2)48-46-44(40-23-18-19-24-41(40)50(56)45(42)46)47(51(57)54-48)49(55)35-21-16-15-17-22-35/h15-19,21-32,34,53H,5-14,20,33H2,1-4H3,(H,54,57). The maximum absolute atomic E-state index is 14.6. The van der Waals surface area contributed by atoms with Gasteiger partial charge in [0, 0.05) is 33.8 Å². The molecule has 7 heteroatoms. The average Bonchev–Trinajstić information content (AvgIpc) is 3.26. The Bertz CT molecular complexity index is 2470. The van der Waals surface area contributed by atoms with Gasteiger partial charge in [-0.25, -0.2) is 0 Å². The number of carbonyl (C=O) groups excluding carboxylic acids is 2. The van der Waals surface area contributed by atoms with Crippen molar-refractivity contribution in [3.8, 4) is 28.4 Å². The first-order valence-electron chi connectivity index (χ1n) is 21.5. The van der Waals surface area contributed by atoms with Gasteiger partial charge in [0.25, 0.3) is 5.56 Å². The maximum atomic E-state index is 14.6. The van der Waals surface area contributed by atoms with E-state index in [0.717, 1.165) is 30.7 Å². The van der Waals surface area contributed by atoms with E-state index in [1.165, 1.54) is 56.9 Å². The molecule has 304 valence electrons. The SMILES string of the molecule is CCCCCCCCCCCCOc1ccc(Nc2cc(Oc3ccc(C(C)(C)CC)cc3)c3[nH]c(=O)c(C(=O)c4ccccc4)c4c3c2C(=O)c2ccccc2-4)cc1. The molecule has 0 amide bonds. The van der Waals surface area contributed by atoms with Crippen LogP contribution in [0.3, 0.4) is 0 Å². The molecule has 0 aliphatic heterocycles. The largest absolute Gasteiger partial charge is 0.494 e. The normalized spacial score (nSPS) is 12.0. The molecule has 1 heterocycles. The second kappa shape index (κ2) is 18.8. The third-order valence-corrected chi connectivity index (χ3v) is 11.8. The number of hydrogen-bond acceptors (Lipinski definition) is 6. The minimum Gasteiger partial charge on any atom is -0.494 e. The van der Waals surface area contributed by atoms with Gasteiger partial charge < -0.3 is 19.8 Å². The predicted octanol–water partition coefficient (Wildman–Crippen LogP) is 13.5. The van der Waals surface area contributed by atoms with Gasteiger partial charge in [0.05, 0.1) is 28.9 Å². The number of anilines is 2. The molecule has 0 saturated heterocycles. The number of nitrogens with one attached hydrogen (secondary N) is 2. The third kappa shape index (κ3) is 9.20. The maximum Gasteiger partial charge on any atom is 0.260 e. The number of rotatable bonds is 20. The molecule has 2 N–H and O–H groups in total. The average molecular weight is 789 g/mol. The lowest BCUT2D eigenvalue weighted by atomic mass is 9.80. The number of aromatic amines is 1. The fourth-order valence-electron chi connectivity index (χ4n) is 7.99. The van der Waals surface area contributed by atoms with Gasteiger partial charge in [-0.15, -0.1) is 0 Å². The number of ketones is 2. The Morgan fingerprint density at radius 3 is 1.95 bits per heavy atom. The fraction of sp³-hybridized carbons (Fsp3) is 0.327. The van der Waals surface area contributed by atoms with Gasteiger partial charge in [0.15, 0.2) is 17.3 Å². The zero-order chi connectivity index (χ0) is 41.4. The van der Waals surface area contributed by atoms with E-state index in [4.69, 9.17) is 9.47 Å². The number of ether oxygens (including phenoxy) is 2.